The van der Waals surface area contributed by atoms with Crippen molar-refractivity contribution in [3.8, 4) is 11.4 Å². The average molecular weight is 494 g/mol. The molecule has 1 aliphatic heterocycles. The Morgan fingerprint density at radius 1 is 1.19 bits per heavy atom. The van der Waals surface area contributed by atoms with E-state index in [-0.39, 0.29) is 5.91 Å². The highest BCUT2D eigenvalue weighted by Gasteiger charge is 2.29. The number of hydrogen-bond acceptors (Lipinski definition) is 4. The summed E-state index contributed by atoms with van der Waals surface area (Å²) in [7, 11) is 1.69. The van der Waals surface area contributed by atoms with Crippen LogP contribution in [0.3, 0.4) is 0 Å². The number of fused-ring (bicyclic) bond motifs is 1. The van der Waals surface area contributed by atoms with Crippen LogP contribution < -0.4 is 4.74 Å². The van der Waals surface area contributed by atoms with Gasteiger partial charge in [0.05, 0.1) is 18.5 Å². The number of nitrogens with zero attached hydrogens (tertiary/aromatic N) is 4. The lowest BCUT2D eigenvalue weighted by Crippen LogP contribution is -2.38. The summed E-state index contributed by atoms with van der Waals surface area (Å²) in [4.78, 5) is 18.5. The Morgan fingerprint density at radius 3 is 2.75 bits per heavy atom. The van der Waals surface area contributed by atoms with E-state index in [2.05, 4.69) is 43.5 Å². The molecule has 1 N–H and O–H groups in total. The van der Waals surface area contributed by atoms with Gasteiger partial charge < -0.3 is 14.6 Å². The molecule has 164 valence electrons. The van der Waals surface area contributed by atoms with Crippen molar-refractivity contribution >= 4 is 32.7 Å². The van der Waals surface area contributed by atoms with Gasteiger partial charge in [-0.15, -0.1) is 5.10 Å². The lowest BCUT2D eigenvalue weighted by Gasteiger charge is -2.31. The number of aromatic nitrogens is 4. The Morgan fingerprint density at radius 2 is 2.00 bits per heavy atom. The molecule has 3 heterocycles. The van der Waals surface area contributed by atoms with Crippen LogP contribution in [0.15, 0.2) is 53.1 Å². The van der Waals surface area contributed by atoms with E-state index in [0.717, 1.165) is 40.0 Å². The molecule has 5 rings (SSSR count). The second kappa shape index (κ2) is 8.43. The maximum atomic E-state index is 13.2. The minimum Gasteiger partial charge on any atom is -0.497 e. The summed E-state index contributed by atoms with van der Waals surface area (Å²) in [6, 6.07) is 13.9. The first-order valence-corrected chi connectivity index (χ1v) is 11.5. The number of carbonyl (C=O) groups excluding carboxylic acids is 1. The first-order chi connectivity index (χ1) is 15.5. The number of rotatable bonds is 4. The van der Waals surface area contributed by atoms with Crippen LogP contribution in [0.5, 0.6) is 5.75 Å². The monoisotopic (exact) mass is 493 g/mol. The summed E-state index contributed by atoms with van der Waals surface area (Å²) >= 11 is 3.48. The van der Waals surface area contributed by atoms with Crippen molar-refractivity contribution in [1.29, 1.82) is 0 Å². The molecule has 32 heavy (non-hydrogen) atoms. The molecule has 0 atom stereocenters. The highest BCUT2D eigenvalue weighted by molar-refractivity contribution is 9.10. The molecule has 0 unspecified atom stereocenters. The number of hydrogen-bond donors (Lipinski definition) is 1. The molecule has 8 heteroatoms. The molecule has 7 nitrogen and oxygen atoms in total. The van der Waals surface area contributed by atoms with Gasteiger partial charge in [-0.05, 0) is 67.6 Å². The fourth-order valence-corrected chi connectivity index (χ4v) is 4.90. The number of nitrogens with one attached hydrogen (secondary N) is 1. The lowest BCUT2D eigenvalue weighted by molar-refractivity contribution is 0.0706. The van der Waals surface area contributed by atoms with Gasteiger partial charge in [0.15, 0.2) is 5.69 Å². The predicted molar refractivity (Wildman–Crippen MR) is 127 cm³/mol. The van der Waals surface area contributed by atoms with E-state index in [1.165, 1.54) is 10.9 Å². The van der Waals surface area contributed by atoms with Gasteiger partial charge in [0.25, 0.3) is 5.91 Å². The molecular formula is C24H24BrN5O2. The molecule has 1 saturated heterocycles. The number of methoxy groups -OCH3 is 1. The van der Waals surface area contributed by atoms with Gasteiger partial charge in [0.1, 0.15) is 5.75 Å². The maximum Gasteiger partial charge on any atom is 0.276 e. The Labute approximate surface area is 194 Å². The quantitative estimate of drug-likeness (QED) is 0.440. The number of aromatic amines is 1. The first-order valence-electron chi connectivity index (χ1n) is 10.7. The zero-order valence-electron chi connectivity index (χ0n) is 18.0. The Balaban J connectivity index is 1.31. The molecule has 0 saturated carbocycles. The summed E-state index contributed by atoms with van der Waals surface area (Å²) in [5, 5.41) is 9.64. The minimum absolute atomic E-state index is 0.0530. The van der Waals surface area contributed by atoms with Crippen LogP contribution in [0.4, 0.5) is 0 Å². The van der Waals surface area contributed by atoms with E-state index in [4.69, 9.17) is 4.74 Å². The van der Waals surface area contributed by atoms with Gasteiger partial charge in [0, 0.05) is 34.7 Å². The molecule has 0 bridgehead atoms. The fraction of sp³-hybridized carbons (Fsp3) is 0.292. The molecule has 2 aromatic heterocycles. The number of amides is 1. The zero-order valence-corrected chi connectivity index (χ0v) is 19.6. The Kier molecular flexibility index (Phi) is 5.46. The molecule has 2 aromatic carbocycles. The van der Waals surface area contributed by atoms with E-state index < -0.39 is 0 Å². The van der Waals surface area contributed by atoms with Gasteiger partial charge in [-0.3, -0.25) is 4.79 Å². The Bertz CT molecular complexity index is 1290. The molecular weight excluding hydrogens is 470 g/mol. The van der Waals surface area contributed by atoms with E-state index in [0.29, 0.717) is 24.7 Å². The topological polar surface area (TPSA) is 76.0 Å². The van der Waals surface area contributed by atoms with Gasteiger partial charge in [0.2, 0.25) is 0 Å². The lowest BCUT2D eigenvalue weighted by atomic mass is 9.89. The van der Waals surface area contributed by atoms with Gasteiger partial charge in [-0.1, -0.05) is 27.2 Å². The molecule has 1 aliphatic rings. The van der Waals surface area contributed by atoms with Crippen LogP contribution in [0, 0.1) is 6.92 Å². The summed E-state index contributed by atoms with van der Waals surface area (Å²) in [5.74, 6) is 1.20. The van der Waals surface area contributed by atoms with Crippen LogP contribution >= 0.6 is 15.9 Å². The molecule has 0 spiro atoms. The third-order valence-corrected chi connectivity index (χ3v) is 6.79. The third kappa shape index (κ3) is 3.68. The zero-order chi connectivity index (χ0) is 22.2. The van der Waals surface area contributed by atoms with Crippen molar-refractivity contribution in [1.82, 2.24) is 24.9 Å². The summed E-state index contributed by atoms with van der Waals surface area (Å²) in [6.45, 7) is 3.28. The van der Waals surface area contributed by atoms with E-state index in [9.17, 15) is 4.79 Å². The average Bonchev–Trinajstić information content (AvgIpc) is 3.41. The van der Waals surface area contributed by atoms with Crippen LogP contribution in [0.25, 0.3) is 16.6 Å². The summed E-state index contributed by atoms with van der Waals surface area (Å²) < 4.78 is 8.06. The van der Waals surface area contributed by atoms with Crippen LogP contribution in [-0.2, 0) is 0 Å². The fourth-order valence-electron chi connectivity index (χ4n) is 4.51. The van der Waals surface area contributed by atoms with Gasteiger partial charge in [-0.2, -0.15) is 0 Å². The van der Waals surface area contributed by atoms with Gasteiger partial charge in [-0.25, -0.2) is 4.68 Å². The number of carbonyl (C=O) groups is 1. The third-order valence-electron chi connectivity index (χ3n) is 6.29. The highest BCUT2D eigenvalue weighted by Crippen LogP contribution is 2.35. The van der Waals surface area contributed by atoms with Gasteiger partial charge >= 0.3 is 0 Å². The van der Waals surface area contributed by atoms with Crippen molar-refractivity contribution in [2.75, 3.05) is 20.2 Å². The van der Waals surface area contributed by atoms with E-state index in [1.54, 1.807) is 11.8 Å². The number of piperidine rings is 1. The predicted octanol–water partition coefficient (Wildman–Crippen LogP) is 4.85. The Hall–Kier alpha value is -3.13. The summed E-state index contributed by atoms with van der Waals surface area (Å²) in [5.41, 5.74) is 4.44. The number of benzene rings is 2. The van der Waals surface area contributed by atoms with Crippen LogP contribution in [0.1, 0.15) is 40.5 Å². The van der Waals surface area contributed by atoms with E-state index >= 15 is 0 Å². The molecule has 4 aromatic rings. The van der Waals surface area contributed by atoms with E-state index in [1.807, 2.05) is 48.2 Å². The second-order valence-electron chi connectivity index (χ2n) is 8.14. The molecule has 0 radical (unpaired) electrons. The largest absolute Gasteiger partial charge is 0.497 e. The molecule has 1 fully saturated rings. The molecule has 1 amide bonds. The second-order valence-corrected chi connectivity index (χ2v) is 9.05. The van der Waals surface area contributed by atoms with Crippen LogP contribution in [-0.4, -0.2) is 51.0 Å². The van der Waals surface area contributed by atoms with Crippen LogP contribution in [0.2, 0.25) is 0 Å². The summed E-state index contributed by atoms with van der Waals surface area (Å²) in [6.07, 6.45) is 3.92. The SMILES string of the molecule is COc1ccc2[nH]cc(C3CCN(C(=O)c4nnn(-c5cccc(Br)c5)c4C)CC3)c2c1. The smallest absolute Gasteiger partial charge is 0.276 e. The standard InChI is InChI=1S/C24H24BrN5O2/c1-15-23(27-28-30(15)18-5-3-4-17(25)12-18)24(31)29-10-8-16(9-11-29)21-14-26-22-7-6-19(32-2)13-20(21)22/h3-7,12-14,16,26H,8-11H2,1-2H3. The molecule has 0 aliphatic carbocycles. The number of ether oxygens (including phenoxy) is 1. The normalized spacial score (nSPS) is 14.8. The number of halogens is 1. The number of H-pyrrole nitrogens is 1. The van der Waals surface area contributed by atoms with Crippen molar-refractivity contribution in [3.63, 3.8) is 0 Å². The minimum atomic E-state index is -0.0530. The van der Waals surface area contributed by atoms with Crippen molar-refractivity contribution in [3.05, 3.63) is 70.1 Å². The van der Waals surface area contributed by atoms with Crippen molar-refractivity contribution in [2.24, 2.45) is 0 Å². The van der Waals surface area contributed by atoms with Crippen molar-refractivity contribution in [2.45, 2.75) is 25.7 Å². The first kappa shape index (κ1) is 20.8. The maximum absolute atomic E-state index is 13.2. The number of likely N-dealkylation sites (tertiary alicyclic amines) is 1. The highest BCUT2D eigenvalue weighted by atomic mass is 79.9. The van der Waals surface area contributed by atoms with Crippen molar-refractivity contribution < 1.29 is 9.53 Å².